The molecule has 5 N–H and O–H groups in total. The van der Waals surface area contributed by atoms with Gasteiger partial charge in [-0.15, -0.1) is 0 Å². The normalized spacial score (nSPS) is 24.6. The standard InChI is InChI=1S/C15H27N4O/c1-15(20)8-5-10-18(11-9-15)12-6-4-7-13(14(12)16)19(2,3)17/h4,6-7,20H,5,8-11,16-17H2,1-3H3/q+1. The number of hydrogen-bond donors (Lipinski definition) is 3. The third kappa shape index (κ3) is 3.23. The molecule has 1 atom stereocenters. The number of benzene rings is 1. The Morgan fingerprint density at radius 3 is 2.60 bits per heavy atom. The van der Waals surface area contributed by atoms with Crippen LogP contribution < -0.4 is 21.1 Å². The quantitative estimate of drug-likeness (QED) is 0.331. The van der Waals surface area contributed by atoms with E-state index in [0.29, 0.717) is 0 Å². The third-order valence-electron chi connectivity index (χ3n) is 4.09. The highest BCUT2D eigenvalue weighted by molar-refractivity contribution is 5.80. The van der Waals surface area contributed by atoms with Crippen molar-refractivity contribution in [1.29, 1.82) is 0 Å². The summed E-state index contributed by atoms with van der Waals surface area (Å²) in [6.45, 7) is 3.65. The SMILES string of the molecule is CC1(O)CCCN(c2cccc([N+](C)(C)N)c2N)CC1. The Balaban J connectivity index is 2.29. The van der Waals surface area contributed by atoms with Crippen molar-refractivity contribution in [2.45, 2.75) is 31.8 Å². The van der Waals surface area contributed by atoms with Crippen molar-refractivity contribution in [3.63, 3.8) is 0 Å². The average molecular weight is 279 g/mol. The Labute approximate surface area is 121 Å². The smallest absolute Gasteiger partial charge is 0.176 e. The molecule has 1 saturated heterocycles. The van der Waals surface area contributed by atoms with Crippen LogP contribution in [0.2, 0.25) is 0 Å². The van der Waals surface area contributed by atoms with Crippen LogP contribution in [0.1, 0.15) is 26.2 Å². The molecule has 0 amide bonds. The highest BCUT2D eigenvalue weighted by atomic mass is 16.3. The van der Waals surface area contributed by atoms with Crippen molar-refractivity contribution in [1.82, 2.24) is 4.59 Å². The molecule has 1 aromatic carbocycles. The van der Waals surface area contributed by atoms with Gasteiger partial charge in [-0.25, -0.2) is 4.59 Å². The van der Waals surface area contributed by atoms with Gasteiger partial charge in [-0.3, -0.25) is 0 Å². The lowest BCUT2D eigenvalue weighted by atomic mass is 9.98. The molecule has 1 fully saturated rings. The van der Waals surface area contributed by atoms with Gasteiger partial charge in [-0.2, -0.15) is 5.84 Å². The van der Waals surface area contributed by atoms with Crippen LogP contribution in [0.15, 0.2) is 18.2 Å². The molecule has 0 aromatic heterocycles. The molecule has 1 unspecified atom stereocenters. The number of anilines is 2. The zero-order valence-corrected chi connectivity index (χ0v) is 12.8. The number of nitrogens with two attached hydrogens (primary N) is 2. The lowest BCUT2D eigenvalue weighted by molar-refractivity contribution is 0.0481. The zero-order valence-electron chi connectivity index (χ0n) is 12.8. The maximum absolute atomic E-state index is 10.2. The topological polar surface area (TPSA) is 75.5 Å². The van der Waals surface area contributed by atoms with E-state index in [4.69, 9.17) is 11.6 Å². The van der Waals surface area contributed by atoms with Gasteiger partial charge in [0, 0.05) is 19.2 Å². The molecule has 1 aliphatic rings. The van der Waals surface area contributed by atoms with Gasteiger partial charge < -0.3 is 15.7 Å². The largest absolute Gasteiger partial charge is 0.392 e. The molecule has 0 bridgehead atoms. The second-order valence-electron chi connectivity index (χ2n) is 6.59. The highest BCUT2D eigenvalue weighted by Gasteiger charge is 2.27. The van der Waals surface area contributed by atoms with E-state index in [2.05, 4.69) is 4.90 Å². The number of quaternary nitrogens is 1. The summed E-state index contributed by atoms with van der Waals surface area (Å²) in [7, 11) is 3.81. The predicted molar refractivity (Wildman–Crippen MR) is 85.4 cm³/mol. The molecule has 0 aliphatic carbocycles. The summed E-state index contributed by atoms with van der Waals surface area (Å²) >= 11 is 0. The lowest BCUT2D eigenvalue weighted by Crippen LogP contribution is -2.48. The second kappa shape index (κ2) is 5.24. The fraction of sp³-hybridized carbons (Fsp3) is 0.600. The Kier molecular flexibility index (Phi) is 3.95. The Bertz CT molecular complexity index is 479. The number of para-hydroxylation sites is 1. The second-order valence-corrected chi connectivity index (χ2v) is 6.59. The highest BCUT2D eigenvalue weighted by Crippen LogP contribution is 2.35. The minimum atomic E-state index is -0.565. The first kappa shape index (κ1) is 15.1. The molecule has 5 nitrogen and oxygen atoms in total. The molecular formula is C15H27N4O+. The molecule has 0 spiro atoms. The molecular weight excluding hydrogens is 252 g/mol. The van der Waals surface area contributed by atoms with E-state index in [-0.39, 0.29) is 4.59 Å². The van der Waals surface area contributed by atoms with Crippen LogP contribution in [0.25, 0.3) is 0 Å². The molecule has 2 rings (SSSR count). The van der Waals surface area contributed by atoms with E-state index in [1.165, 1.54) is 0 Å². The Morgan fingerprint density at radius 1 is 1.25 bits per heavy atom. The maximum atomic E-state index is 10.2. The molecule has 112 valence electrons. The molecule has 0 radical (unpaired) electrons. The van der Waals surface area contributed by atoms with Gasteiger partial charge in [0.2, 0.25) is 0 Å². The number of rotatable bonds is 2. The van der Waals surface area contributed by atoms with Gasteiger partial charge in [0.15, 0.2) is 5.69 Å². The number of aliphatic hydroxyl groups is 1. The van der Waals surface area contributed by atoms with Gasteiger partial charge in [0.25, 0.3) is 0 Å². The zero-order chi connectivity index (χ0) is 15.0. The van der Waals surface area contributed by atoms with Crippen LogP contribution in [0.4, 0.5) is 17.1 Å². The lowest BCUT2D eigenvalue weighted by Gasteiger charge is -2.29. The number of hydrogen-bond acceptors (Lipinski definition) is 4. The fourth-order valence-corrected chi connectivity index (χ4v) is 2.82. The van der Waals surface area contributed by atoms with Gasteiger partial charge in [-0.1, -0.05) is 6.07 Å². The van der Waals surface area contributed by atoms with E-state index in [1.807, 2.05) is 39.2 Å². The van der Waals surface area contributed by atoms with Crippen LogP contribution in [0.5, 0.6) is 0 Å². The fourth-order valence-electron chi connectivity index (χ4n) is 2.82. The van der Waals surface area contributed by atoms with E-state index in [9.17, 15) is 5.11 Å². The molecule has 0 saturated carbocycles. The summed E-state index contributed by atoms with van der Waals surface area (Å²) in [5.74, 6) is 6.13. The third-order valence-corrected chi connectivity index (χ3v) is 4.09. The minimum absolute atomic E-state index is 0.214. The summed E-state index contributed by atoms with van der Waals surface area (Å²) in [4.78, 5) is 2.26. The van der Waals surface area contributed by atoms with Gasteiger partial charge in [0.1, 0.15) is 5.69 Å². The molecule has 1 heterocycles. The van der Waals surface area contributed by atoms with E-state index in [1.54, 1.807) is 0 Å². The van der Waals surface area contributed by atoms with Crippen molar-refractivity contribution >= 4 is 17.1 Å². The Morgan fingerprint density at radius 2 is 1.95 bits per heavy atom. The van der Waals surface area contributed by atoms with Gasteiger partial charge in [-0.05, 0) is 32.3 Å². The van der Waals surface area contributed by atoms with Crippen molar-refractivity contribution < 1.29 is 5.11 Å². The Hall–Kier alpha value is -1.30. The number of nitrogen functional groups attached to an aromatic ring is 1. The van der Waals surface area contributed by atoms with Gasteiger partial charge >= 0.3 is 0 Å². The minimum Gasteiger partial charge on any atom is -0.392 e. The average Bonchev–Trinajstić information content (AvgIpc) is 2.49. The van der Waals surface area contributed by atoms with Crippen molar-refractivity contribution in [2.75, 3.05) is 37.8 Å². The summed E-state index contributed by atoms with van der Waals surface area (Å²) in [5, 5.41) is 10.2. The van der Waals surface area contributed by atoms with Gasteiger partial charge in [0.05, 0.1) is 25.4 Å². The first-order valence-electron chi connectivity index (χ1n) is 7.20. The van der Waals surface area contributed by atoms with Crippen LogP contribution >= 0.6 is 0 Å². The summed E-state index contributed by atoms with van der Waals surface area (Å²) in [6.07, 6.45) is 2.57. The predicted octanol–water partition coefficient (Wildman–Crippen LogP) is 1.45. The molecule has 5 heteroatoms. The number of nitrogens with zero attached hydrogens (tertiary/aromatic N) is 2. The van der Waals surface area contributed by atoms with Crippen molar-refractivity contribution in [2.24, 2.45) is 5.84 Å². The molecule has 20 heavy (non-hydrogen) atoms. The van der Waals surface area contributed by atoms with Crippen LogP contribution in [-0.2, 0) is 0 Å². The first-order valence-corrected chi connectivity index (χ1v) is 7.20. The first-order chi connectivity index (χ1) is 9.21. The molecule has 1 aliphatic heterocycles. The van der Waals surface area contributed by atoms with E-state index >= 15 is 0 Å². The summed E-state index contributed by atoms with van der Waals surface area (Å²) in [6, 6.07) is 6.00. The summed E-state index contributed by atoms with van der Waals surface area (Å²) < 4.78 is 0.214. The molecule has 1 aromatic rings. The maximum Gasteiger partial charge on any atom is 0.176 e. The van der Waals surface area contributed by atoms with Crippen LogP contribution in [0, 0.1) is 0 Å². The van der Waals surface area contributed by atoms with E-state index < -0.39 is 5.60 Å². The van der Waals surface area contributed by atoms with Crippen LogP contribution in [0.3, 0.4) is 0 Å². The van der Waals surface area contributed by atoms with Crippen molar-refractivity contribution in [3.8, 4) is 0 Å². The van der Waals surface area contributed by atoms with Crippen LogP contribution in [-0.4, -0.2) is 37.9 Å². The summed E-state index contributed by atoms with van der Waals surface area (Å²) in [5.41, 5.74) is 8.43. The monoisotopic (exact) mass is 279 g/mol. The van der Waals surface area contributed by atoms with E-state index in [0.717, 1.165) is 49.4 Å². The van der Waals surface area contributed by atoms with Crippen molar-refractivity contribution in [3.05, 3.63) is 18.2 Å².